The van der Waals surface area contributed by atoms with Crippen molar-refractivity contribution in [3.63, 3.8) is 0 Å². The van der Waals surface area contributed by atoms with Crippen molar-refractivity contribution in [2.45, 2.75) is 89.9 Å². The first-order valence-corrected chi connectivity index (χ1v) is 14.4. The molecule has 1 aromatic heterocycles. The SMILES string of the molecule is CC(C)(C)OC(=O)N[C@@H](C(=O)[N+]1(Cc2cc(Cl)ccc2-c2cnsn2)CCC[C@H]1C(N)=O)C1CCCCC1. The van der Waals surface area contributed by atoms with Gasteiger partial charge in [0.2, 0.25) is 0 Å². The van der Waals surface area contributed by atoms with Crippen molar-refractivity contribution in [3.05, 3.63) is 35.0 Å². The maximum Gasteiger partial charge on any atom is 0.408 e. The third-order valence-electron chi connectivity index (χ3n) is 7.62. The average molecular weight is 563 g/mol. The van der Waals surface area contributed by atoms with Crippen molar-refractivity contribution in [3.8, 4) is 11.3 Å². The van der Waals surface area contributed by atoms with Crippen molar-refractivity contribution in [1.82, 2.24) is 14.1 Å². The smallest absolute Gasteiger partial charge is 0.408 e. The van der Waals surface area contributed by atoms with Gasteiger partial charge in [-0.3, -0.25) is 4.79 Å². The summed E-state index contributed by atoms with van der Waals surface area (Å²) in [5.41, 5.74) is 7.48. The number of aromatic nitrogens is 2. The molecule has 3 amide bonds. The number of amides is 3. The molecule has 3 atom stereocenters. The maximum atomic E-state index is 14.7. The van der Waals surface area contributed by atoms with Crippen molar-refractivity contribution in [1.29, 1.82) is 0 Å². The zero-order valence-corrected chi connectivity index (χ0v) is 23.8. The van der Waals surface area contributed by atoms with Crippen molar-refractivity contribution >= 4 is 41.2 Å². The largest absolute Gasteiger partial charge is 0.444 e. The van der Waals surface area contributed by atoms with Gasteiger partial charge in [-0.05, 0) is 51.7 Å². The van der Waals surface area contributed by atoms with E-state index in [0.717, 1.165) is 55.0 Å². The first-order valence-electron chi connectivity index (χ1n) is 13.3. The molecular weight excluding hydrogens is 526 g/mol. The van der Waals surface area contributed by atoms with Crippen LogP contribution in [0.15, 0.2) is 24.4 Å². The monoisotopic (exact) mass is 562 g/mol. The normalized spacial score (nSPS) is 23.1. The summed E-state index contributed by atoms with van der Waals surface area (Å²) < 4.78 is 13.9. The van der Waals surface area contributed by atoms with Crippen LogP contribution in [0.4, 0.5) is 4.79 Å². The van der Waals surface area contributed by atoms with Crippen LogP contribution >= 0.6 is 23.3 Å². The number of carbonyl (C=O) groups excluding carboxylic acids is 3. The number of alkyl carbamates (subject to hydrolysis) is 1. The molecule has 3 N–H and O–H groups in total. The maximum absolute atomic E-state index is 14.7. The molecule has 1 aliphatic carbocycles. The molecule has 206 valence electrons. The van der Waals surface area contributed by atoms with Gasteiger partial charge in [-0.1, -0.05) is 36.9 Å². The van der Waals surface area contributed by atoms with E-state index in [2.05, 4.69) is 14.1 Å². The van der Waals surface area contributed by atoms with E-state index in [4.69, 9.17) is 22.1 Å². The summed E-state index contributed by atoms with van der Waals surface area (Å²) in [6, 6.07) is 3.94. The second-order valence-corrected chi connectivity index (χ2v) is 12.4. The Hall–Kier alpha value is -2.56. The van der Waals surface area contributed by atoms with E-state index >= 15 is 0 Å². The average Bonchev–Trinajstić information content (AvgIpc) is 3.53. The summed E-state index contributed by atoms with van der Waals surface area (Å²) in [6.07, 6.45) is 6.91. The summed E-state index contributed by atoms with van der Waals surface area (Å²) in [5.74, 6) is -0.768. The van der Waals surface area contributed by atoms with Crippen LogP contribution in [0, 0.1) is 5.92 Å². The van der Waals surface area contributed by atoms with E-state index in [1.807, 2.05) is 12.1 Å². The Balaban J connectivity index is 1.77. The molecule has 0 bridgehead atoms. The lowest BCUT2D eigenvalue weighted by atomic mass is 9.82. The van der Waals surface area contributed by atoms with Gasteiger partial charge >= 0.3 is 12.0 Å². The first kappa shape index (κ1) is 28.4. The number of hydrogen-bond acceptors (Lipinski definition) is 7. The number of rotatable bonds is 7. The molecule has 1 saturated carbocycles. The van der Waals surface area contributed by atoms with Crippen molar-refractivity contribution < 1.29 is 23.6 Å². The van der Waals surface area contributed by atoms with E-state index in [-0.39, 0.29) is 22.9 Å². The number of primary amides is 1. The second-order valence-electron chi connectivity index (χ2n) is 11.4. The van der Waals surface area contributed by atoms with Gasteiger partial charge in [-0.15, -0.1) is 0 Å². The summed E-state index contributed by atoms with van der Waals surface area (Å²) in [6.45, 7) is 6.01. The quantitative estimate of drug-likeness (QED) is 0.466. The van der Waals surface area contributed by atoms with Crippen LogP contribution in [0.25, 0.3) is 11.3 Å². The molecule has 0 radical (unpaired) electrons. The Labute approximate surface area is 233 Å². The standard InChI is InChI=1S/C27H36ClN5O4S/c1-27(2,3)37-26(36)31-23(17-8-5-4-6-9-17)25(35)33(13-7-10-22(33)24(29)34)16-18-14-19(28)11-12-20(18)21-15-30-38-32-21/h11-12,14-15,17,22-23H,4-10,13,16H2,1-3H3,(H2-,29,31,34,36)/p+1/t22-,23+,33?/m0/s1. The van der Waals surface area contributed by atoms with Gasteiger partial charge in [0.1, 0.15) is 17.8 Å². The number of nitrogens with one attached hydrogen (secondary N) is 1. The lowest BCUT2D eigenvalue weighted by Gasteiger charge is -2.41. The van der Waals surface area contributed by atoms with Gasteiger partial charge < -0.3 is 15.8 Å². The van der Waals surface area contributed by atoms with Gasteiger partial charge in [-0.25, -0.2) is 14.1 Å². The first-order chi connectivity index (χ1) is 18.0. The number of halogens is 1. The van der Waals surface area contributed by atoms with E-state index in [9.17, 15) is 14.4 Å². The van der Waals surface area contributed by atoms with Gasteiger partial charge in [0.25, 0.3) is 5.91 Å². The van der Waals surface area contributed by atoms with E-state index < -0.39 is 29.7 Å². The zero-order chi connectivity index (χ0) is 27.5. The molecule has 4 rings (SSSR count). The van der Waals surface area contributed by atoms with E-state index in [1.165, 1.54) is 0 Å². The van der Waals surface area contributed by atoms with E-state index in [0.29, 0.717) is 30.1 Å². The number of quaternary nitrogens is 1. The van der Waals surface area contributed by atoms with Gasteiger partial charge in [0.05, 0.1) is 24.5 Å². The molecule has 2 aromatic rings. The Morgan fingerprint density at radius 3 is 2.55 bits per heavy atom. The van der Waals surface area contributed by atoms with Crippen LogP contribution in [0.3, 0.4) is 0 Å². The molecule has 1 saturated heterocycles. The van der Waals surface area contributed by atoms with E-state index in [1.54, 1.807) is 33.0 Å². The predicted octanol–water partition coefficient (Wildman–Crippen LogP) is 4.82. The van der Waals surface area contributed by atoms with Gasteiger partial charge in [-0.2, -0.15) is 8.75 Å². The molecule has 1 aromatic carbocycles. The Bertz CT molecular complexity index is 1160. The fourth-order valence-electron chi connectivity index (χ4n) is 5.98. The number of hydrogen-bond donors (Lipinski definition) is 2. The van der Waals surface area contributed by atoms with Crippen LogP contribution in [0.2, 0.25) is 5.02 Å². The molecule has 2 aliphatic rings. The molecular formula is C27H37ClN5O4S+. The number of carbonyl (C=O) groups is 3. The highest BCUT2D eigenvalue weighted by Gasteiger charge is 2.55. The predicted molar refractivity (Wildman–Crippen MR) is 146 cm³/mol. The minimum atomic E-state index is -0.798. The van der Waals surface area contributed by atoms with Crippen LogP contribution in [0.5, 0.6) is 0 Å². The number of likely N-dealkylation sites (tertiary alicyclic amines) is 1. The molecule has 1 unspecified atom stereocenters. The lowest BCUT2D eigenvalue weighted by Crippen LogP contribution is -2.66. The minimum Gasteiger partial charge on any atom is -0.444 e. The topological polar surface area (TPSA) is 124 Å². The summed E-state index contributed by atoms with van der Waals surface area (Å²) in [4.78, 5) is 40.4. The van der Waals surface area contributed by atoms with Crippen molar-refractivity contribution in [2.24, 2.45) is 11.7 Å². The van der Waals surface area contributed by atoms with Crippen LogP contribution in [-0.2, 0) is 20.9 Å². The summed E-state index contributed by atoms with van der Waals surface area (Å²) in [5, 5.41) is 3.44. The zero-order valence-electron chi connectivity index (χ0n) is 22.2. The minimum absolute atomic E-state index is 0.0468. The fourth-order valence-corrected chi connectivity index (χ4v) is 6.60. The second kappa shape index (κ2) is 11.7. The Morgan fingerprint density at radius 1 is 1.18 bits per heavy atom. The highest BCUT2D eigenvalue weighted by molar-refractivity contribution is 6.99. The summed E-state index contributed by atoms with van der Waals surface area (Å²) in [7, 11) is 0. The number of nitrogens with two attached hydrogens (primary N) is 1. The van der Waals surface area contributed by atoms with Gasteiger partial charge in [0.15, 0.2) is 12.1 Å². The highest BCUT2D eigenvalue weighted by Crippen LogP contribution is 2.38. The molecule has 1 aliphatic heterocycles. The third-order valence-corrected chi connectivity index (χ3v) is 8.33. The molecule has 2 heterocycles. The fraction of sp³-hybridized carbons (Fsp3) is 0.593. The molecule has 0 spiro atoms. The number of nitrogens with zero attached hydrogens (tertiary/aromatic N) is 3. The van der Waals surface area contributed by atoms with Crippen LogP contribution < -0.4 is 11.1 Å². The van der Waals surface area contributed by atoms with Crippen molar-refractivity contribution in [2.75, 3.05) is 6.54 Å². The number of benzene rings is 1. The highest BCUT2D eigenvalue weighted by atomic mass is 35.5. The third kappa shape index (κ3) is 6.35. The van der Waals surface area contributed by atoms with Crippen LogP contribution in [0.1, 0.15) is 71.3 Å². The molecule has 38 heavy (non-hydrogen) atoms. The Kier molecular flexibility index (Phi) is 8.74. The Morgan fingerprint density at radius 2 is 1.92 bits per heavy atom. The summed E-state index contributed by atoms with van der Waals surface area (Å²) >= 11 is 7.51. The molecule has 2 fully saturated rings. The molecule has 11 heteroatoms. The lowest BCUT2D eigenvalue weighted by molar-refractivity contribution is -0.871. The molecule has 9 nitrogen and oxygen atoms in total. The number of ether oxygens (including phenoxy) is 1. The van der Waals surface area contributed by atoms with Gasteiger partial charge in [0, 0.05) is 29.0 Å². The van der Waals surface area contributed by atoms with Crippen LogP contribution in [-0.4, -0.2) is 55.4 Å².